The van der Waals surface area contributed by atoms with Gasteiger partial charge in [0.1, 0.15) is 0 Å². The van der Waals surface area contributed by atoms with E-state index in [0.717, 1.165) is 44.7 Å². The molecule has 1 amide bonds. The molecule has 0 aliphatic carbocycles. The molecule has 2 aliphatic heterocycles. The van der Waals surface area contributed by atoms with Crippen LogP contribution in [-0.4, -0.2) is 65.7 Å². The lowest BCUT2D eigenvalue weighted by Crippen LogP contribution is -2.60. The van der Waals surface area contributed by atoms with Crippen LogP contribution in [0.1, 0.15) is 24.0 Å². The van der Waals surface area contributed by atoms with Gasteiger partial charge < -0.3 is 14.9 Å². The third-order valence-electron chi connectivity index (χ3n) is 6.14. The van der Waals surface area contributed by atoms with Crippen molar-refractivity contribution in [3.05, 3.63) is 65.7 Å². The molecule has 0 saturated carbocycles. The number of anilines is 1. The fourth-order valence-electron chi connectivity index (χ4n) is 4.57. The monoisotopic (exact) mass is 393 g/mol. The van der Waals surface area contributed by atoms with Crippen LogP contribution in [0.5, 0.6) is 0 Å². The number of likely N-dealkylation sites (tertiary alicyclic amines) is 1. The molecule has 2 fully saturated rings. The lowest BCUT2D eigenvalue weighted by Gasteiger charge is -2.43. The lowest BCUT2D eigenvalue weighted by molar-refractivity contribution is -0.160. The van der Waals surface area contributed by atoms with Gasteiger partial charge in [0.25, 0.3) is 5.91 Å². The van der Waals surface area contributed by atoms with Crippen LogP contribution in [-0.2, 0) is 11.3 Å². The van der Waals surface area contributed by atoms with Gasteiger partial charge in [-0.2, -0.15) is 0 Å². The summed E-state index contributed by atoms with van der Waals surface area (Å²) in [4.78, 5) is 19.6. The van der Waals surface area contributed by atoms with E-state index in [1.54, 1.807) is 0 Å². The number of para-hydroxylation sites is 1. The molecular formula is C24H31N3O2. The Kier molecular flexibility index (Phi) is 5.88. The number of aliphatic hydroxyl groups is 1. The maximum absolute atomic E-state index is 13.1. The quantitative estimate of drug-likeness (QED) is 0.849. The maximum Gasteiger partial charge on any atom is 0.256 e. The topological polar surface area (TPSA) is 47.0 Å². The Morgan fingerprint density at radius 3 is 2.45 bits per heavy atom. The number of piperidine rings is 1. The molecule has 1 unspecified atom stereocenters. The average molecular weight is 394 g/mol. The molecule has 2 heterocycles. The molecule has 2 saturated heterocycles. The predicted octanol–water partition coefficient (Wildman–Crippen LogP) is 2.67. The Bertz CT molecular complexity index is 833. The van der Waals surface area contributed by atoms with Gasteiger partial charge in [-0.15, -0.1) is 0 Å². The van der Waals surface area contributed by atoms with Gasteiger partial charge in [0.15, 0.2) is 5.60 Å². The van der Waals surface area contributed by atoms with Crippen LogP contribution in [0, 0.1) is 6.92 Å². The van der Waals surface area contributed by atoms with Crippen LogP contribution in [0.4, 0.5) is 5.69 Å². The highest BCUT2D eigenvalue weighted by atomic mass is 16.3. The third kappa shape index (κ3) is 4.62. The first kappa shape index (κ1) is 19.9. The molecule has 2 aliphatic rings. The van der Waals surface area contributed by atoms with Crippen molar-refractivity contribution in [2.75, 3.05) is 44.2 Å². The summed E-state index contributed by atoms with van der Waals surface area (Å²) < 4.78 is 0. The van der Waals surface area contributed by atoms with E-state index in [2.05, 4.69) is 59.2 Å². The molecule has 5 heteroatoms. The third-order valence-corrected chi connectivity index (χ3v) is 6.14. The first-order valence-corrected chi connectivity index (χ1v) is 10.6. The molecule has 1 atom stereocenters. The zero-order valence-corrected chi connectivity index (χ0v) is 17.3. The smallest absolute Gasteiger partial charge is 0.256 e. The number of aryl methyl sites for hydroxylation is 1. The van der Waals surface area contributed by atoms with E-state index in [1.165, 1.54) is 11.3 Å². The molecule has 154 valence electrons. The number of piperazine rings is 1. The van der Waals surface area contributed by atoms with Gasteiger partial charge >= 0.3 is 0 Å². The van der Waals surface area contributed by atoms with Gasteiger partial charge in [-0.3, -0.25) is 9.69 Å². The van der Waals surface area contributed by atoms with E-state index in [9.17, 15) is 9.90 Å². The molecule has 0 aromatic heterocycles. The number of rotatable bonds is 5. The minimum atomic E-state index is -1.27. The van der Waals surface area contributed by atoms with Gasteiger partial charge in [-0.25, -0.2) is 0 Å². The minimum Gasteiger partial charge on any atom is -0.379 e. The number of carbonyl (C=O) groups is 1. The fraction of sp³-hybridized carbons (Fsp3) is 0.458. The summed E-state index contributed by atoms with van der Waals surface area (Å²) in [6, 6.07) is 18.7. The summed E-state index contributed by atoms with van der Waals surface area (Å²) >= 11 is 0. The van der Waals surface area contributed by atoms with Gasteiger partial charge in [0, 0.05) is 51.5 Å². The molecule has 5 nitrogen and oxygen atoms in total. The van der Waals surface area contributed by atoms with Crippen molar-refractivity contribution in [1.29, 1.82) is 0 Å². The molecule has 0 radical (unpaired) electrons. The molecule has 4 rings (SSSR count). The van der Waals surface area contributed by atoms with E-state index < -0.39 is 5.60 Å². The molecule has 2 aromatic rings. The van der Waals surface area contributed by atoms with E-state index in [4.69, 9.17) is 0 Å². The SMILES string of the molecule is Cc1cccc(CN2CCCC(O)(CN3CCN(c4ccccc4)CC3)C2=O)c1. The number of benzene rings is 2. The first-order valence-electron chi connectivity index (χ1n) is 10.6. The second-order valence-corrected chi connectivity index (χ2v) is 8.45. The Morgan fingerprint density at radius 2 is 1.72 bits per heavy atom. The Hall–Kier alpha value is -2.37. The Labute approximate surface area is 173 Å². The number of hydrogen-bond donors (Lipinski definition) is 1. The highest BCUT2D eigenvalue weighted by molar-refractivity contribution is 5.86. The second kappa shape index (κ2) is 8.56. The number of nitrogens with zero attached hydrogens (tertiary/aromatic N) is 3. The summed E-state index contributed by atoms with van der Waals surface area (Å²) in [5.74, 6) is -0.115. The normalized spacial score (nSPS) is 23.4. The minimum absolute atomic E-state index is 0.115. The van der Waals surface area contributed by atoms with E-state index >= 15 is 0 Å². The Balaban J connectivity index is 1.36. The summed E-state index contributed by atoms with van der Waals surface area (Å²) in [6.45, 7) is 7.35. The summed E-state index contributed by atoms with van der Waals surface area (Å²) in [7, 11) is 0. The number of carbonyl (C=O) groups excluding carboxylic acids is 1. The highest BCUT2D eigenvalue weighted by Crippen LogP contribution is 2.26. The van der Waals surface area contributed by atoms with Crippen molar-refractivity contribution in [1.82, 2.24) is 9.80 Å². The number of hydrogen-bond acceptors (Lipinski definition) is 4. The van der Waals surface area contributed by atoms with Crippen molar-refractivity contribution in [2.45, 2.75) is 31.9 Å². The standard InChI is InChI=1S/C24H31N3O2/c1-20-7-5-8-21(17-20)18-27-12-6-11-24(29,23(27)28)19-25-13-15-26(16-14-25)22-9-3-2-4-10-22/h2-5,7-10,17,29H,6,11-16,18-19H2,1H3. The largest absolute Gasteiger partial charge is 0.379 e. The van der Waals surface area contributed by atoms with E-state index in [0.29, 0.717) is 19.5 Å². The fourth-order valence-corrected chi connectivity index (χ4v) is 4.57. The molecule has 29 heavy (non-hydrogen) atoms. The van der Waals surface area contributed by atoms with Gasteiger partial charge in [-0.05, 0) is 37.5 Å². The van der Waals surface area contributed by atoms with Crippen LogP contribution in [0.3, 0.4) is 0 Å². The summed E-state index contributed by atoms with van der Waals surface area (Å²) in [5, 5.41) is 11.2. The van der Waals surface area contributed by atoms with Gasteiger partial charge in [-0.1, -0.05) is 48.0 Å². The van der Waals surface area contributed by atoms with Crippen molar-refractivity contribution in [2.24, 2.45) is 0 Å². The predicted molar refractivity (Wildman–Crippen MR) is 116 cm³/mol. The molecular weight excluding hydrogens is 362 g/mol. The van der Waals surface area contributed by atoms with Crippen molar-refractivity contribution < 1.29 is 9.90 Å². The molecule has 0 spiro atoms. The first-order chi connectivity index (χ1) is 14.0. The number of amides is 1. The van der Waals surface area contributed by atoms with Crippen molar-refractivity contribution in [3.63, 3.8) is 0 Å². The second-order valence-electron chi connectivity index (χ2n) is 8.45. The Morgan fingerprint density at radius 1 is 0.966 bits per heavy atom. The summed E-state index contributed by atoms with van der Waals surface area (Å²) in [6.07, 6.45) is 1.40. The lowest BCUT2D eigenvalue weighted by atomic mass is 9.90. The number of β-amino-alcohol motifs (C(OH)–C–C–N with tert-alkyl or cyclic N) is 1. The van der Waals surface area contributed by atoms with E-state index in [1.807, 2.05) is 17.0 Å². The van der Waals surface area contributed by atoms with Crippen LogP contribution >= 0.6 is 0 Å². The van der Waals surface area contributed by atoms with Gasteiger partial charge in [0.05, 0.1) is 0 Å². The highest BCUT2D eigenvalue weighted by Gasteiger charge is 2.43. The average Bonchev–Trinajstić information content (AvgIpc) is 2.73. The van der Waals surface area contributed by atoms with Crippen molar-refractivity contribution >= 4 is 11.6 Å². The molecule has 0 bridgehead atoms. The molecule has 2 aromatic carbocycles. The van der Waals surface area contributed by atoms with Crippen LogP contribution in [0.2, 0.25) is 0 Å². The zero-order chi connectivity index (χ0) is 20.3. The van der Waals surface area contributed by atoms with Crippen LogP contribution < -0.4 is 4.90 Å². The summed E-state index contributed by atoms with van der Waals surface area (Å²) in [5.41, 5.74) is 2.29. The molecule has 1 N–H and O–H groups in total. The maximum atomic E-state index is 13.1. The van der Waals surface area contributed by atoms with Crippen molar-refractivity contribution in [3.8, 4) is 0 Å². The van der Waals surface area contributed by atoms with E-state index in [-0.39, 0.29) is 5.91 Å². The zero-order valence-electron chi connectivity index (χ0n) is 17.3. The van der Waals surface area contributed by atoms with Crippen LogP contribution in [0.15, 0.2) is 54.6 Å². The van der Waals surface area contributed by atoms with Gasteiger partial charge in [0.2, 0.25) is 0 Å². The van der Waals surface area contributed by atoms with Crippen LogP contribution in [0.25, 0.3) is 0 Å².